The first-order chi connectivity index (χ1) is 13.8. The minimum atomic E-state index is 0.209. The zero-order valence-corrected chi connectivity index (χ0v) is 17.0. The van der Waals surface area contributed by atoms with Crippen molar-refractivity contribution in [2.75, 3.05) is 12.3 Å². The first-order valence-corrected chi connectivity index (χ1v) is 10.9. The number of nitrogens with zero attached hydrogens (tertiary/aromatic N) is 2. The summed E-state index contributed by atoms with van der Waals surface area (Å²) in [6, 6.07) is 18.0. The molecule has 1 aromatic heterocycles. The second-order valence-corrected chi connectivity index (χ2v) is 8.48. The standard InChI is InChI=1S/C22H22ClN3OS/c23-17-10-8-16(9-11-17)21-20(15-25-26(21)18-5-2-1-3-6-18)19(7-4-13-27)22-24-12-14-28-22/h1-3,5-6,8-11,13,15,19,22,24H,4,7,12,14H2. The van der Waals surface area contributed by atoms with Crippen molar-refractivity contribution < 1.29 is 4.79 Å². The van der Waals surface area contributed by atoms with Gasteiger partial charge >= 0.3 is 0 Å². The van der Waals surface area contributed by atoms with Crippen molar-refractivity contribution in [1.29, 1.82) is 0 Å². The zero-order chi connectivity index (χ0) is 19.3. The Morgan fingerprint density at radius 3 is 2.68 bits per heavy atom. The highest BCUT2D eigenvalue weighted by molar-refractivity contribution is 8.00. The molecule has 0 bridgehead atoms. The lowest BCUT2D eigenvalue weighted by Gasteiger charge is -2.23. The van der Waals surface area contributed by atoms with E-state index in [9.17, 15) is 4.79 Å². The number of carbonyl (C=O) groups excluding carboxylic acids is 1. The van der Waals surface area contributed by atoms with E-state index >= 15 is 0 Å². The molecule has 6 heteroatoms. The van der Waals surface area contributed by atoms with Gasteiger partial charge in [0, 0.05) is 40.8 Å². The third kappa shape index (κ3) is 4.02. The highest BCUT2D eigenvalue weighted by Gasteiger charge is 2.30. The van der Waals surface area contributed by atoms with Gasteiger partial charge in [-0.3, -0.25) is 0 Å². The molecule has 0 amide bonds. The van der Waals surface area contributed by atoms with Gasteiger partial charge in [-0.15, -0.1) is 11.8 Å². The van der Waals surface area contributed by atoms with Gasteiger partial charge in [0.05, 0.1) is 23.0 Å². The second-order valence-electron chi connectivity index (χ2n) is 6.80. The molecule has 1 fully saturated rings. The minimum absolute atomic E-state index is 0.209. The van der Waals surface area contributed by atoms with E-state index in [1.165, 1.54) is 5.56 Å². The summed E-state index contributed by atoms with van der Waals surface area (Å²) in [5.41, 5.74) is 4.31. The van der Waals surface area contributed by atoms with Crippen LogP contribution in [-0.2, 0) is 4.79 Å². The highest BCUT2D eigenvalue weighted by atomic mass is 35.5. The van der Waals surface area contributed by atoms with E-state index in [1.54, 1.807) is 0 Å². The number of thioether (sulfide) groups is 1. The average molecular weight is 412 g/mol. The maximum absolute atomic E-state index is 11.1. The molecule has 0 saturated carbocycles. The van der Waals surface area contributed by atoms with Gasteiger partial charge in [0.1, 0.15) is 6.29 Å². The summed E-state index contributed by atoms with van der Waals surface area (Å²) >= 11 is 8.05. The number of benzene rings is 2. The van der Waals surface area contributed by atoms with Gasteiger partial charge in [-0.1, -0.05) is 41.9 Å². The van der Waals surface area contributed by atoms with Crippen molar-refractivity contribution in [2.24, 2.45) is 0 Å². The molecule has 0 spiro atoms. The molecule has 1 aliphatic heterocycles. The summed E-state index contributed by atoms with van der Waals surface area (Å²) in [4.78, 5) is 11.1. The molecule has 4 rings (SSSR count). The van der Waals surface area contributed by atoms with Crippen molar-refractivity contribution >= 4 is 29.6 Å². The molecule has 1 aliphatic rings. The first-order valence-electron chi connectivity index (χ1n) is 9.46. The lowest BCUT2D eigenvalue weighted by molar-refractivity contribution is -0.108. The van der Waals surface area contributed by atoms with Crippen LogP contribution in [0.4, 0.5) is 0 Å². The summed E-state index contributed by atoms with van der Waals surface area (Å²) in [7, 11) is 0. The molecule has 1 N–H and O–H groups in total. The smallest absolute Gasteiger partial charge is 0.120 e. The fraction of sp³-hybridized carbons (Fsp3) is 0.273. The maximum atomic E-state index is 11.1. The van der Waals surface area contributed by atoms with Crippen molar-refractivity contribution in [2.45, 2.75) is 24.1 Å². The van der Waals surface area contributed by atoms with Crippen LogP contribution in [0.5, 0.6) is 0 Å². The molecule has 28 heavy (non-hydrogen) atoms. The Balaban J connectivity index is 1.84. The number of halogens is 1. The molecule has 2 atom stereocenters. The summed E-state index contributed by atoms with van der Waals surface area (Å²) < 4.78 is 1.99. The second kappa shape index (κ2) is 8.95. The van der Waals surface area contributed by atoms with E-state index < -0.39 is 0 Å². The van der Waals surface area contributed by atoms with Gasteiger partial charge in [0.25, 0.3) is 0 Å². The molecule has 2 unspecified atom stereocenters. The predicted molar refractivity (Wildman–Crippen MR) is 116 cm³/mol. The third-order valence-electron chi connectivity index (χ3n) is 5.02. The minimum Gasteiger partial charge on any atom is -0.304 e. The summed E-state index contributed by atoms with van der Waals surface area (Å²) in [6.45, 7) is 0.996. The van der Waals surface area contributed by atoms with Gasteiger partial charge in [0.15, 0.2) is 0 Å². The van der Waals surface area contributed by atoms with Crippen LogP contribution in [0.1, 0.15) is 24.3 Å². The molecule has 0 radical (unpaired) electrons. The fourth-order valence-electron chi connectivity index (χ4n) is 3.72. The van der Waals surface area contributed by atoms with Crippen LogP contribution in [0.2, 0.25) is 5.02 Å². The molecule has 2 aromatic carbocycles. The van der Waals surface area contributed by atoms with Crippen LogP contribution in [0.15, 0.2) is 60.8 Å². The van der Waals surface area contributed by atoms with Crippen LogP contribution in [0.3, 0.4) is 0 Å². The zero-order valence-electron chi connectivity index (χ0n) is 15.4. The van der Waals surface area contributed by atoms with Crippen LogP contribution >= 0.6 is 23.4 Å². The van der Waals surface area contributed by atoms with Gasteiger partial charge < -0.3 is 10.1 Å². The molecule has 144 valence electrons. The molecular weight excluding hydrogens is 390 g/mol. The van der Waals surface area contributed by atoms with E-state index in [-0.39, 0.29) is 5.92 Å². The van der Waals surface area contributed by atoms with E-state index in [2.05, 4.69) is 17.4 Å². The van der Waals surface area contributed by atoms with E-state index in [1.807, 2.05) is 65.1 Å². The molecule has 4 nitrogen and oxygen atoms in total. The van der Waals surface area contributed by atoms with Crippen LogP contribution in [0.25, 0.3) is 16.9 Å². The Labute approximate surface area is 174 Å². The SMILES string of the molecule is O=CCCC(c1cnn(-c2ccccc2)c1-c1ccc(Cl)cc1)C1NCCS1. The normalized spacial score (nSPS) is 17.5. The fourth-order valence-corrected chi connectivity index (χ4v) is 5.08. The number of aldehydes is 1. The summed E-state index contributed by atoms with van der Waals surface area (Å²) in [6.07, 6.45) is 4.32. The number of carbonyl (C=O) groups is 1. The largest absolute Gasteiger partial charge is 0.304 e. The highest BCUT2D eigenvalue weighted by Crippen LogP contribution is 2.39. The first kappa shape index (κ1) is 19.2. The molecular formula is C22H22ClN3OS. The van der Waals surface area contributed by atoms with Gasteiger partial charge in [-0.05, 0) is 30.7 Å². The number of hydrogen-bond acceptors (Lipinski definition) is 4. The van der Waals surface area contributed by atoms with Crippen molar-refractivity contribution in [1.82, 2.24) is 15.1 Å². The van der Waals surface area contributed by atoms with E-state index in [0.717, 1.165) is 41.9 Å². The number of hydrogen-bond donors (Lipinski definition) is 1. The number of rotatable bonds is 7. The Kier molecular flexibility index (Phi) is 6.15. The molecule has 3 aromatic rings. The predicted octanol–water partition coefficient (Wildman–Crippen LogP) is 4.92. The van der Waals surface area contributed by atoms with Crippen LogP contribution in [0, 0.1) is 0 Å². The monoisotopic (exact) mass is 411 g/mol. The average Bonchev–Trinajstić information content (AvgIpc) is 3.40. The third-order valence-corrected chi connectivity index (χ3v) is 6.57. The Bertz CT molecular complexity index is 921. The van der Waals surface area contributed by atoms with Gasteiger partial charge in [-0.25, -0.2) is 4.68 Å². The van der Waals surface area contributed by atoms with Gasteiger partial charge in [0.2, 0.25) is 0 Å². The van der Waals surface area contributed by atoms with E-state index in [0.29, 0.717) is 16.8 Å². The summed E-state index contributed by atoms with van der Waals surface area (Å²) in [5.74, 6) is 1.30. The molecule has 0 aliphatic carbocycles. The van der Waals surface area contributed by atoms with Crippen LogP contribution in [-0.4, -0.2) is 33.7 Å². The Morgan fingerprint density at radius 2 is 2.00 bits per heavy atom. The van der Waals surface area contributed by atoms with Crippen molar-refractivity contribution in [3.05, 3.63) is 71.4 Å². The summed E-state index contributed by atoms with van der Waals surface area (Å²) in [5, 5.41) is 9.33. The number of para-hydroxylation sites is 1. The Hall–Kier alpha value is -2.08. The molecule has 1 saturated heterocycles. The van der Waals surface area contributed by atoms with Crippen molar-refractivity contribution in [3.8, 4) is 16.9 Å². The lowest BCUT2D eigenvalue weighted by atomic mass is 9.92. The number of aromatic nitrogens is 2. The van der Waals surface area contributed by atoms with Crippen LogP contribution < -0.4 is 5.32 Å². The molecule has 2 heterocycles. The van der Waals surface area contributed by atoms with E-state index in [4.69, 9.17) is 16.7 Å². The maximum Gasteiger partial charge on any atom is 0.120 e. The number of nitrogens with one attached hydrogen (secondary N) is 1. The quantitative estimate of drug-likeness (QED) is 0.560. The lowest BCUT2D eigenvalue weighted by Crippen LogP contribution is -2.27. The Morgan fingerprint density at radius 1 is 1.21 bits per heavy atom. The van der Waals surface area contributed by atoms with Crippen molar-refractivity contribution in [3.63, 3.8) is 0 Å². The topological polar surface area (TPSA) is 46.9 Å². The van der Waals surface area contributed by atoms with Gasteiger partial charge in [-0.2, -0.15) is 5.10 Å².